The minimum Gasteiger partial charge on any atom is -0.386 e. The van der Waals surface area contributed by atoms with Crippen LogP contribution in [0.4, 0.5) is 34.1 Å². The molecule has 12 aromatic carbocycles. The van der Waals surface area contributed by atoms with Gasteiger partial charge >= 0.3 is 23.9 Å². The number of benzene rings is 12. The number of fused-ring (bicyclic) bond motifs is 5. The summed E-state index contributed by atoms with van der Waals surface area (Å²) >= 11 is 0. The van der Waals surface area contributed by atoms with Crippen molar-refractivity contribution in [3.8, 4) is 16.8 Å². The van der Waals surface area contributed by atoms with E-state index < -0.39 is 23.9 Å². The molecule has 75 heavy (non-hydrogen) atoms. The van der Waals surface area contributed by atoms with Gasteiger partial charge in [-0.15, -0.1) is 0 Å². The van der Waals surface area contributed by atoms with Crippen LogP contribution >= 0.6 is 0 Å². The Morgan fingerprint density at radius 2 is 0.680 bits per heavy atom. The number of nitrogens with zero attached hydrogens (tertiary/aromatic N) is 3. The third kappa shape index (κ3) is 6.25. The SMILES string of the molecule is O=C1OC(=O)c2ccc3c4c(-c5ccc(-n6c7ccc(N(c8ccccc8)c8ccccc8)cc7c7cc(N(c8ccccc8)c8ccccc8)ccc76)cc5)cc5c6c(ccc(c7ccc1c2c73)c64)C(=O)OC5=O. The number of hydrogen-bond donors (Lipinski definition) is 0. The van der Waals surface area contributed by atoms with Gasteiger partial charge in [-0.05, 0) is 165 Å². The van der Waals surface area contributed by atoms with E-state index in [-0.39, 0.29) is 5.56 Å². The van der Waals surface area contributed by atoms with Crippen LogP contribution in [0.25, 0.3) is 81.7 Å². The summed E-state index contributed by atoms with van der Waals surface area (Å²) in [6.07, 6.45) is 0. The van der Waals surface area contributed by atoms with Gasteiger partial charge in [-0.1, -0.05) is 103 Å². The van der Waals surface area contributed by atoms with Crippen LogP contribution in [0.15, 0.2) is 224 Å². The number of esters is 4. The number of para-hydroxylation sites is 4. The van der Waals surface area contributed by atoms with Crippen molar-refractivity contribution in [2.75, 3.05) is 9.80 Å². The monoisotopic (exact) mass is 967 g/mol. The molecule has 0 N–H and O–H groups in total. The van der Waals surface area contributed by atoms with Crippen LogP contribution in [0.5, 0.6) is 0 Å². The fourth-order valence-corrected chi connectivity index (χ4v) is 11.8. The Labute approximate surface area is 427 Å². The van der Waals surface area contributed by atoms with E-state index in [2.05, 4.69) is 172 Å². The van der Waals surface area contributed by atoms with Gasteiger partial charge in [0.2, 0.25) is 0 Å². The predicted molar refractivity (Wildman–Crippen MR) is 296 cm³/mol. The minimum atomic E-state index is -0.723. The van der Waals surface area contributed by atoms with Crippen molar-refractivity contribution >= 4 is 123 Å². The Morgan fingerprint density at radius 3 is 1.13 bits per heavy atom. The first kappa shape index (κ1) is 42.3. The molecule has 9 heteroatoms. The lowest BCUT2D eigenvalue weighted by molar-refractivity contribution is 0.0373. The van der Waals surface area contributed by atoms with Crippen molar-refractivity contribution in [1.82, 2.24) is 4.57 Å². The zero-order chi connectivity index (χ0) is 50.1. The normalized spacial score (nSPS) is 13.1. The third-order valence-corrected chi connectivity index (χ3v) is 15.0. The summed E-state index contributed by atoms with van der Waals surface area (Å²) in [5, 5.41) is 7.70. The number of carbonyl (C=O) groups excluding carboxylic acids is 4. The number of ether oxygens (including phenoxy) is 2. The fourth-order valence-electron chi connectivity index (χ4n) is 11.8. The highest BCUT2D eigenvalue weighted by atomic mass is 16.6. The van der Waals surface area contributed by atoms with Gasteiger partial charge in [-0.2, -0.15) is 0 Å². The summed E-state index contributed by atoms with van der Waals surface area (Å²) in [6, 6.07) is 75.7. The van der Waals surface area contributed by atoms with Gasteiger partial charge in [-0.3, -0.25) is 0 Å². The van der Waals surface area contributed by atoms with E-state index in [0.717, 1.165) is 105 Å². The zero-order valence-electron chi connectivity index (χ0n) is 39.7. The maximum atomic E-state index is 13.8. The Hall–Kier alpha value is -10.4. The van der Waals surface area contributed by atoms with Crippen LogP contribution in [-0.2, 0) is 9.47 Å². The van der Waals surface area contributed by atoms with E-state index in [1.165, 1.54) is 0 Å². The molecular weight excluding hydrogens is 931 g/mol. The molecule has 1 aromatic heterocycles. The second-order valence-electron chi connectivity index (χ2n) is 19.0. The third-order valence-electron chi connectivity index (χ3n) is 15.0. The number of carbonyl (C=O) groups is 4. The molecule has 2 aliphatic heterocycles. The maximum Gasteiger partial charge on any atom is 0.346 e. The van der Waals surface area contributed by atoms with Gasteiger partial charge in [0.25, 0.3) is 0 Å². The summed E-state index contributed by atoms with van der Waals surface area (Å²) in [7, 11) is 0. The average molecular weight is 968 g/mol. The standard InChI is InChI=1S/C66H37N3O6/c70-63-49-30-27-46-47-28-31-51-61-55(66(73)75-65(51)72)37-52(59(62(47)61)48-29-32-50(64(71)74-63)60(49)58(46)48)38-21-23-43(24-22-38)69-56-33-25-44(67(39-13-5-1-6-14-39)40-15-7-2-8-16-40)35-53(56)54-36-45(26-34-57(54)69)68(41-17-9-3-10-18-41)42-19-11-4-12-20-42/h1-37H. The molecule has 0 amide bonds. The highest BCUT2D eigenvalue weighted by Crippen LogP contribution is 2.50. The van der Waals surface area contributed by atoms with E-state index in [1.807, 2.05) is 48.5 Å². The Balaban J connectivity index is 0.964. The number of rotatable bonds is 8. The molecular formula is C66H37N3O6. The van der Waals surface area contributed by atoms with Gasteiger partial charge in [0.15, 0.2) is 0 Å². The van der Waals surface area contributed by atoms with Crippen molar-refractivity contribution in [1.29, 1.82) is 0 Å². The lowest BCUT2D eigenvalue weighted by Crippen LogP contribution is -2.20. The Kier molecular flexibility index (Phi) is 9.06. The molecule has 3 heterocycles. The van der Waals surface area contributed by atoms with E-state index >= 15 is 0 Å². The smallest absolute Gasteiger partial charge is 0.346 e. The molecule has 0 aliphatic carbocycles. The van der Waals surface area contributed by atoms with Crippen LogP contribution in [0.2, 0.25) is 0 Å². The second-order valence-corrected chi connectivity index (χ2v) is 19.0. The Morgan fingerprint density at radius 1 is 0.280 bits per heavy atom. The van der Waals surface area contributed by atoms with Gasteiger partial charge < -0.3 is 23.8 Å². The minimum absolute atomic E-state index is 0.284. The molecule has 13 aromatic rings. The Bertz CT molecular complexity index is 4350. The molecule has 0 radical (unpaired) electrons. The lowest BCUT2D eigenvalue weighted by Gasteiger charge is -2.26. The van der Waals surface area contributed by atoms with E-state index in [1.54, 1.807) is 18.2 Å². The maximum absolute atomic E-state index is 13.8. The largest absolute Gasteiger partial charge is 0.386 e. The summed E-state index contributed by atoms with van der Waals surface area (Å²) in [4.78, 5) is 58.2. The number of anilines is 6. The van der Waals surface area contributed by atoms with Crippen LogP contribution < -0.4 is 9.80 Å². The summed E-state index contributed by atoms with van der Waals surface area (Å²) in [6.45, 7) is 0. The molecule has 2 aliphatic rings. The first-order chi connectivity index (χ1) is 36.9. The van der Waals surface area contributed by atoms with Gasteiger partial charge in [0.1, 0.15) is 0 Å². The summed E-state index contributed by atoms with van der Waals surface area (Å²) in [5.74, 6) is -2.84. The van der Waals surface area contributed by atoms with Crippen LogP contribution in [0.3, 0.4) is 0 Å². The van der Waals surface area contributed by atoms with Crippen molar-refractivity contribution in [3.63, 3.8) is 0 Å². The lowest BCUT2D eigenvalue weighted by atomic mass is 9.81. The molecule has 9 nitrogen and oxygen atoms in total. The topological polar surface area (TPSA) is 98.2 Å². The van der Waals surface area contributed by atoms with Crippen molar-refractivity contribution in [2.45, 2.75) is 0 Å². The van der Waals surface area contributed by atoms with Gasteiger partial charge in [-0.25, -0.2) is 19.2 Å². The summed E-state index contributed by atoms with van der Waals surface area (Å²) in [5.41, 5.74) is 11.8. The van der Waals surface area contributed by atoms with Crippen LogP contribution in [0.1, 0.15) is 41.4 Å². The van der Waals surface area contributed by atoms with Crippen molar-refractivity contribution in [2.24, 2.45) is 0 Å². The average Bonchev–Trinajstić information content (AvgIpc) is 3.78. The van der Waals surface area contributed by atoms with Crippen molar-refractivity contribution in [3.05, 3.63) is 247 Å². The van der Waals surface area contributed by atoms with Gasteiger partial charge in [0.05, 0.1) is 33.3 Å². The second kappa shape index (κ2) is 16.1. The first-order valence-corrected chi connectivity index (χ1v) is 24.6. The molecule has 0 fully saturated rings. The summed E-state index contributed by atoms with van der Waals surface area (Å²) < 4.78 is 12.8. The highest BCUT2D eigenvalue weighted by molar-refractivity contribution is 6.41. The fraction of sp³-hybridized carbons (Fsp3) is 0. The molecule has 0 atom stereocenters. The van der Waals surface area contributed by atoms with Crippen LogP contribution in [-0.4, -0.2) is 28.4 Å². The van der Waals surface area contributed by atoms with Gasteiger partial charge in [0, 0.05) is 61.4 Å². The highest BCUT2D eigenvalue weighted by Gasteiger charge is 2.34. The molecule has 0 saturated heterocycles. The quantitative estimate of drug-likeness (QED) is 0.0643. The molecule has 352 valence electrons. The molecule has 0 unspecified atom stereocenters. The molecule has 0 spiro atoms. The number of hydrogen-bond acceptors (Lipinski definition) is 8. The van der Waals surface area contributed by atoms with E-state index in [4.69, 9.17) is 9.47 Å². The van der Waals surface area contributed by atoms with E-state index in [0.29, 0.717) is 27.5 Å². The van der Waals surface area contributed by atoms with Crippen LogP contribution in [0, 0.1) is 0 Å². The predicted octanol–water partition coefficient (Wildman–Crippen LogP) is 16.1. The van der Waals surface area contributed by atoms with E-state index in [9.17, 15) is 19.2 Å². The zero-order valence-corrected chi connectivity index (χ0v) is 39.7. The molecule has 0 bridgehead atoms. The molecule has 0 saturated carbocycles. The number of aromatic nitrogens is 1. The first-order valence-electron chi connectivity index (χ1n) is 24.6. The van der Waals surface area contributed by atoms with Crippen molar-refractivity contribution < 1.29 is 28.7 Å². The number of cyclic esters (lactones) is 4. The molecule has 15 rings (SSSR count).